The summed E-state index contributed by atoms with van der Waals surface area (Å²) in [6.45, 7) is -0.317. The molecule has 0 amide bonds. The van der Waals surface area contributed by atoms with Crippen LogP contribution in [0.1, 0.15) is 37.5 Å². The van der Waals surface area contributed by atoms with Gasteiger partial charge in [-0.05, 0) is 37.2 Å². The quantitative estimate of drug-likeness (QED) is 0.279. The van der Waals surface area contributed by atoms with Gasteiger partial charge in [-0.1, -0.05) is 11.6 Å². The zero-order chi connectivity index (χ0) is 23.5. The molecule has 13 heteroatoms. The molecule has 2 aliphatic carbocycles. The van der Waals surface area contributed by atoms with E-state index in [1.165, 1.54) is 17.4 Å². The Morgan fingerprint density at radius 1 is 1.36 bits per heavy atom. The van der Waals surface area contributed by atoms with Crippen LogP contribution in [0.15, 0.2) is 12.3 Å². The van der Waals surface area contributed by atoms with Gasteiger partial charge in [0.1, 0.15) is 41.9 Å². The van der Waals surface area contributed by atoms with Gasteiger partial charge in [-0.3, -0.25) is 4.57 Å². The third-order valence-electron chi connectivity index (χ3n) is 6.75. The van der Waals surface area contributed by atoms with Crippen molar-refractivity contribution in [1.29, 1.82) is 5.26 Å². The Morgan fingerprint density at radius 3 is 2.73 bits per heavy atom. The normalized spacial score (nSPS) is 28.7. The van der Waals surface area contributed by atoms with Crippen LogP contribution in [0.2, 0.25) is 5.15 Å². The minimum atomic E-state index is -4.37. The largest absolute Gasteiger partial charge is 0.387 e. The lowest BCUT2D eigenvalue weighted by molar-refractivity contribution is -0.0610. The van der Waals surface area contributed by atoms with Crippen molar-refractivity contribution in [2.24, 2.45) is 5.41 Å². The maximum atomic E-state index is 11.0. The molecule has 2 saturated carbocycles. The van der Waals surface area contributed by atoms with Crippen molar-refractivity contribution in [3.05, 3.63) is 23.0 Å². The van der Waals surface area contributed by atoms with Crippen LogP contribution in [-0.2, 0) is 14.0 Å². The highest BCUT2D eigenvalue weighted by Crippen LogP contribution is 2.61. The van der Waals surface area contributed by atoms with Crippen LogP contribution in [-0.4, -0.2) is 66.9 Å². The number of rotatable bonds is 7. The Bertz CT molecular complexity index is 1170. The molecule has 3 aliphatic rings. The van der Waals surface area contributed by atoms with E-state index >= 15 is 0 Å². The highest BCUT2D eigenvalue weighted by atomic mass is 35.5. The van der Waals surface area contributed by atoms with Crippen molar-refractivity contribution in [2.75, 3.05) is 18.3 Å². The number of nitriles is 1. The summed E-state index contributed by atoms with van der Waals surface area (Å²) in [6, 6.07) is 4.10. The first-order valence-electron chi connectivity index (χ1n) is 10.6. The number of anilines is 1. The summed E-state index contributed by atoms with van der Waals surface area (Å²) in [4.78, 5) is 22.2. The number of halogens is 1. The van der Waals surface area contributed by atoms with Gasteiger partial charge in [-0.2, -0.15) is 5.26 Å². The Labute approximate surface area is 194 Å². The number of pyridine rings is 1. The molecule has 0 aromatic carbocycles. The lowest BCUT2D eigenvalue weighted by atomic mass is 9.77. The average molecular weight is 499 g/mol. The van der Waals surface area contributed by atoms with Crippen molar-refractivity contribution < 1.29 is 34.0 Å². The monoisotopic (exact) mass is 498 g/mol. The number of aliphatic hydroxyl groups excluding tert-OH is 2. The molecule has 0 radical (unpaired) electrons. The van der Waals surface area contributed by atoms with Gasteiger partial charge < -0.3 is 39.4 Å². The number of aromatic nitrogens is 2. The van der Waals surface area contributed by atoms with Gasteiger partial charge >= 0.3 is 7.60 Å². The minimum Gasteiger partial charge on any atom is -0.387 e. The summed E-state index contributed by atoms with van der Waals surface area (Å²) in [5.41, 5.74) is 1.67. The SMILES string of the molecule is N#Cc1c(Cl)nc2c(ccn2[C@@H]2O[C@H](COCP(=O)(O)O)[C@@H](O)[C@H]2O)c1NC1CC2(CC2)C1. The van der Waals surface area contributed by atoms with E-state index in [0.29, 0.717) is 22.1 Å². The van der Waals surface area contributed by atoms with Crippen molar-refractivity contribution in [3.63, 3.8) is 0 Å². The van der Waals surface area contributed by atoms with Crippen LogP contribution >= 0.6 is 19.2 Å². The first-order chi connectivity index (χ1) is 15.6. The maximum absolute atomic E-state index is 11.0. The Morgan fingerprint density at radius 2 is 2.09 bits per heavy atom. The second kappa shape index (κ2) is 8.18. The molecule has 3 heterocycles. The molecule has 3 fully saturated rings. The van der Waals surface area contributed by atoms with Gasteiger partial charge in [0.25, 0.3) is 0 Å². The van der Waals surface area contributed by atoms with Gasteiger partial charge in [0.05, 0.1) is 12.3 Å². The van der Waals surface area contributed by atoms with E-state index in [9.17, 15) is 20.0 Å². The fraction of sp³-hybridized carbons (Fsp3) is 0.600. The highest BCUT2D eigenvalue weighted by Gasteiger charge is 2.53. The van der Waals surface area contributed by atoms with Crippen molar-refractivity contribution in [2.45, 2.75) is 56.3 Å². The van der Waals surface area contributed by atoms with E-state index in [1.807, 2.05) is 0 Å². The van der Waals surface area contributed by atoms with Crippen LogP contribution in [0.3, 0.4) is 0 Å². The molecule has 5 rings (SSSR count). The van der Waals surface area contributed by atoms with E-state index in [1.54, 1.807) is 12.3 Å². The number of nitrogens with zero attached hydrogens (tertiary/aromatic N) is 3. The van der Waals surface area contributed by atoms with Crippen molar-refractivity contribution >= 4 is 35.9 Å². The second-order valence-electron chi connectivity index (χ2n) is 9.19. The molecule has 33 heavy (non-hydrogen) atoms. The van der Waals surface area contributed by atoms with Crippen molar-refractivity contribution in [3.8, 4) is 6.07 Å². The molecular formula is C20H24ClN4O7P. The van der Waals surface area contributed by atoms with Crippen molar-refractivity contribution in [1.82, 2.24) is 9.55 Å². The molecule has 5 N–H and O–H groups in total. The molecule has 1 aliphatic heterocycles. The number of aliphatic hydroxyl groups is 2. The third-order valence-corrected chi connectivity index (χ3v) is 7.54. The van der Waals surface area contributed by atoms with Gasteiger partial charge in [-0.25, -0.2) is 4.98 Å². The summed E-state index contributed by atoms with van der Waals surface area (Å²) in [7, 11) is -4.37. The molecule has 2 aromatic rings. The lowest BCUT2D eigenvalue weighted by Gasteiger charge is -2.37. The summed E-state index contributed by atoms with van der Waals surface area (Å²) in [5.74, 6) is 0. The fourth-order valence-electron chi connectivity index (χ4n) is 4.86. The van der Waals surface area contributed by atoms with E-state index in [4.69, 9.17) is 30.9 Å². The Kier molecular flexibility index (Phi) is 5.71. The molecular weight excluding hydrogens is 475 g/mol. The second-order valence-corrected chi connectivity index (χ2v) is 11.1. The highest BCUT2D eigenvalue weighted by molar-refractivity contribution is 7.51. The van der Waals surface area contributed by atoms with Gasteiger partial charge in [0, 0.05) is 17.6 Å². The zero-order valence-corrected chi connectivity index (χ0v) is 19.1. The molecule has 0 unspecified atom stereocenters. The van der Waals surface area contributed by atoms with Gasteiger partial charge in [-0.15, -0.1) is 0 Å². The summed E-state index contributed by atoms with van der Waals surface area (Å²) in [6.07, 6.45) is 0.656. The number of fused-ring (bicyclic) bond motifs is 1. The predicted octanol–water partition coefficient (Wildman–Crippen LogP) is 1.69. The molecule has 1 spiro atoms. The molecule has 11 nitrogen and oxygen atoms in total. The first-order valence-corrected chi connectivity index (χ1v) is 12.8. The average Bonchev–Trinajstić information content (AvgIpc) is 3.34. The van der Waals surface area contributed by atoms with Crippen LogP contribution in [0, 0.1) is 16.7 Å². The molecule has 1 saturated heterocycles. The Hall–Kier alpha value is -1.74. The summed E-state index contributed by atoms with van der Waals surface area (Å²) >= 11 is 6.33. The van der Waals surface area contributed by atoms with Crippen LogP contribution < -0.4 is 5.32 Å². The summed E-state index contributed by atoms with van der Waals surface area (Å²) in [5, 5.41) is 34.7. The van der Waals surface area contributed by atoms with Crippen LogP contribution in [0.25, 0.3) is 11.0 Å². The van der Waals surface area contributed by atoms with E-state index in [-0.39, 0.29) is 23.4 Å². The van der Waals surface area contributed by atoms with Crippen LogP contribution in [0.4, 0.5) is 5.69 Å². The zero-order valence-electron chi connectivity index (χ0n) is 17.5. The third kappa shape index (κ3) is 4.27. The number of nitrogens with one attached hydrogen (secondary N) is 1. The molecule has 178 valence electrons. The molecule has 4 atom stereocenters. The minimum absolute atomic E-state index is 0.0162. The summed E-state index contributed by atoms with van der Waals surface area (Å²) < 4.78 is 23.2. The van der Waals surface area contributed by atoms with E-state index in [0.717, 1.165) is 12.8 Å². The smallest absolute Gasteiger partial charge is 0.350 e. The fourth-order valence-corrected chi connectivity index (χ4v) is 5.42. The van der Waals surface area contributed by atoms with Crippen LogP contribution in [0.5, 0.6) is 0 Å². The standard InChI is InChI=1S/C20H24ClN4O7P/c21-17-12(7-22)14(23-10-5-20(6-10)2-3-20)11-1-4-25(18(11)24-17)19-16(27)15(26)13(32-19)8-31-9-33(28,29)30/h1,4,10,13,15-16,19,26-27H,2-3,5-6,8-9H2,(H,23,24)(H2,28,29,30)/t13-,15-,16-,19-/m1/s1. The first kappa shape index (κ1) is 23.0. The molecule has 0 bridgehead atoms. The lowest BCUT2D eigenvalue weighted by Crippen LogP contribution is -2.37. The number of hydrogen-bond donors (Lipinski definition) is 5. The van der Waals surface area contributed by atoms with E-state index in [2.05, 4.69) is 16.4 Å². The molecule has 2 aromatic heterocycles. The maximum Gasteiger partial charge on any atom is 0.350 e. The Balaban J connectivity index is 1.40. The van der Waals surface area contributed by atoms with Gasteiger partial charge in [0.2, 0.25) is 0 Å². The topological polar surface area (TPSA) is 170 Å². The number of ether oxygens (including phenoxy) is 2. The van der Waals surface area contributed by atoms with Gasteiger partial charge in [0.15, 0.2) is 11.4 Å². The van der Waals surface area contributed by atoms with E-state index < -0.39 is 38.5 Å². The predicted molar refractivity (Wildman–Crippen MR) is 117 cm³/mol. The number of hydrogen-bond acceptors (Lipinski definition) is 8.